The van der Waals surface area contributed by atoms with Crippen LogP contribution in [0, 0.1) is 5.92 Å². The lowest BCUT2D eigenvalue weighted by Gasteiger charge is -2.21. The number of aliphatic hydroxyl groups is 1. The van der Waals surface area contributed by atoms with Gasteiger partial charge in [-0.1, -0.05) is 48.9 Å². The van der Waals surface area contributed by atoms with Crippen LogP contribution in [0.25, 0.3) is 10.8 Å². The second kappa shape index (κ2) is 4.87. The summed E-state index contributed by atoms with van der Waals surface area (Å²) in [5, 5.41) is 16.9. The molecule has 2 aliphatic rings. The van der Waals surface area contributed by atoms with Crippen molar-refractivity contribution >= 4 is 10.8 Å². The molecule has 0 bridgehead atoms. The van der Waals surface area contributed by atoms with E-state index in [4.69, 9.17) is 0 Å². The van der Waals surface area contributed by atoms with Crippen molar-refractivity contribution in [1.29, 1.82) is 0 Å². The molecule has 4 rings (SSSR count). The van der Waals surface area contributed by atoms with Gasteiger partial charge in [0.25, 0.3) is 0 Å². The molecule has 0 aromatic heterocycles. The van der Waals surface area contributed by atoms with Crippen LogP contribution in [0.1, 0.15) is 37.4 Å². The minimum absolute atomic E-state index is 0.219. The van der Waals surface area contributed by atoms with Gasteiger partial charge in [-0.05, 0) is 41.5 Å². The second-order valence-electron chi connectivity index (χ2n) is 6.32. The van der Waals surface area contributed by atoms with Gasteiger partial charge in [0.2, 0.25) is 0 Å². The predicted molar refractivity (Wildman–Crippen MR) is 81.6 cm³/mol. The van der Waals surface area contributed by atoms with Crippen LogP contribution in [0.4, 0.5) is 0 Å². The molecule has 0 radical (unpaired) electrons. The highest BCUT2D eigenvalue weighted by Crippen LogP contribution is 2.39. The summed E-state index contributed by atoms with van der Waals surface area (Å²) in [4.78, 5) is 0. The summed E-state index contributed by atoms with van der Waals surface area (Å²) in [7, 11) is 0. The predicted octanol–water partition coefficient (Wildman–Crippen LogP) is 3.40. The molecule has 2 N–H and O–H groups in total. The zero-order valence-corrected chi connectivity index (χ0v) is 11.6. The number of hydrogen-bond acceptors (Lipinski definition) is 2. The molecule has 2 aromatic rings. The van der Waals surface area contributed by atoms with E-state index < -0.39 is 6.10 Å². The first-order valence-corrected chi connectivity index (χ1v) is 7.75. The van der Waals surface area contributed by atoms with Gasteiger partial charge in [-0.25, -0.2) is 0 Å². The Kier molecular flexibility index (Phi) is 3.01. The second-order valence-corrected chi connectivity index (χ2v) is 6.32. The number of nitrogens with one attached hydrogen (secondary N) is 1. The van der Waals surface area contributed by atoms with E-state index in [1.54, 1.807) is 0 Å². The Hall–Kier alpha value is -1.38. The van der Waals surface area contributed by atoms with E-state index >= 15 is 0 Å². The van der Waals surface area contributed by atoms with Gasteiger partial charge in [0.1, 0.15) is 0 Å². The van der Waals surface area contributed by atoms with Crippen molar-refractivity contribution < 1.29 is 5.11 Å². The third-order valence-electron chi connectivity index (χ3n) is 5.17. The molecule has 2 heteroatoms. The van der Waals surface area contributed by atoms with Gasteiger partial charge in [-0.3, -0.25) is 0 Å². The highest BCUT2D eigenvalue weighted by atomic mass is 16.3. The SMILES string of the molecule is O[C@H](c1cccc2ccccc12)[C@@H]1C[C@H]2CCC[C@H]2N1. The van der Waals surface area contributed by atoms with Crippen molar-refractivity contribution in [3.63, 3.8) is 0 Å². The van der Waals surface area contributed by atoms with E-state index in [9.17, 15) is 5.11 Å². The molecule has 1 aliphatic heterocycles. The quantitative estimate of drug-likeness (QED) is 0.874. The summed E-state index contributed by atoms with van der Waals surface area (Å²) < 4.78 is 0. The van der Waals surface area contributed by atoms with E-state index in [2.05, 4.69) is 47.8 Å². The van der Waals surface area contributed by atoms with Crippen LogP contribution in [0.2, 0.25) is 0 Å². The molecule has 1 aliphatic carbocycles. The Labute approximate surface area is 119 Å². The number of benzene rings is 2. The number of fused-ring (bicyclic) bond motifs is 2. The van der Waals surface area contributed by atoms with Gasteiger partial charge in [-0.2, -0.15) is 0 Å². The Morgan fingerprint density at radius 3 is 2.80 bits per heavy atom. The molecule has 2 fully saturated rings. The number of hydrogen-bond donors (Lipinski definition) is 2. The Balaban J connectivity index is 1.66. The fourth-order valence-corrected chi connectivity index (χ4v) is 4.15. The molecule has 1 saturated heterocycles. The third kappa shape index (κ3) is 1.95. The Morgan fingerprint density at radius 1 is 1.05 bits per heavy atom. The topological polar surface area (TPSA) is 32.3 Å². The highest BCUT2D eigenvalue weighted by molar-refractivity contribution is 5.86. The highest BCUT2D eigenvalue weighted by Gasteiger charge is 2.39. The first kappa shape index (κ1) is 12.4. The molecule has 1 heterocycles. The minimum Gasteiger partial charge on any atom is -0.387 e. The summed E-state index contributed by atoms with van der Waals surface area (Å²) in [5.74, 6) is 0.782. The van der Waals surface area contributed by atoms with Crippen molar-refractivity contribution in [3.8, 4) is 0 Å². The summed E-state index contributed by atoms with van der Waals surface area (Å²) in [6.45, 7) is 0. The lowest BCUT2D eigenvalue weighted by molar-refractivity contribution is 0.134. The normalized spacial score (nSPS) is 30.6. The van der Waals surface area contributed by atoms with Gasteiger partial charge < -0.3 is 10.4 Å². The third-order valence-corrected chi connectivity index (χ3v) is 5.17. The first-order chi connectivity index (χ1) is 9.83. The van der Waals surface area contributed by atoms with Gasteiger partial charge in [0.15, 0.2) is 0 Å². The zero-order valence-electron chi connectivity index (χ0n) is 11.6. The van der Waals surface area contributed by atoms with Gasteiger partial charge in [0.05, 0.1) is 6.10 Å². The van der Waals surface area contributed by atoms with Gasteiger partial charge in [0, 0.05) is 12.1 Å². The lowest BCUT2D eigenvalue weighted by Crippen LogP contribution is -2.33. The molecular formula is C18H21NO. The molecule has 1 saturated carbocycles. The van der Waals surface area contributed by atoms with Gasteiger partial charge >= 0.3 is 0 Å². The van der Waals surface area contributed by atoms with Crippen LogP contribution in [0.5, 0.6) is 0 Å². The van der Waals surface area contributed by atoms with E-state index in [1.807, 2.05) is 0 Å². The number of aliphatic hydroxyl groups excluding tert-OH is 1. The molecule has 4 atom stereocenters. The van der Waals surface area contributed by atoms with Crippen LogP contribution in [0.15, 0.2) is 42.5 Å². The standard InChI is InChI=1S/C18H21NO/c20-18(17-11-13-7-4-10-16(13)19-17)15-9-3-6-12-5-1-2-8-14(12)15/h1-3,5-6,8-9,13,16-20H,4,7,10-11H2/t13-,16-,17+,18-/m1/s1. The molecule has 104 valence electrons. The van der Waals surface area contributed by atoms with E-state index in [-0.39, 0.29) is 6.04 Å². The van der Waals surface area contributed by atoms with Crippen LogP contribution >= 0.6 is 0 Å². The molecular weight excluding hydrogens is 246 g/mol. The van der Waals surface area contributed by atoms with Crippen LogP contribution in [-0.4, -0.2) is 17.2 Å². The van der Waals surface area contributed by atoms with Gasteiger partial charge in [-0.15, -0.1) is 0 Å². The average Bonchev–Trinajstić information content (AvgIpc) is 3.07. The van der Waals surface area contributed by atoms with Crippen molar-refractivity contribution in [2.75, 3.05) is 0 Å². The van der Waals surface area contributed by atoms with E-state index in [1.165, 1.54) is 30.0 Å². The zero-order chi connectivity index (χ0) is 13.5. The monoisotopic (exact) mass is 267 g/mol. The largest absolute Gasteiger partial charge is 0.387 e. The Bertz CT molecular complexity index is 606. The van der Waals surface area contributed by atoms with Crippen LogP contribution in [-0.2, 0) is 0 Å². The maximum Gasteiger partial charge on any atom is 0.0949 e. The molecule has 2 nitrogen and oxygen atoms in total. The van der Waals surface area contributed by atoms with Crippen molar-refractivity contribution in [1.82, 2.24) is 5.32 Å². The number of rotatable bonds is 2. The fraction of sp³-hybridized carbons (Fsp3) is 0.444. The summed E-state index contributed by atoms with van der Waals surface area (Å²) >= 11 is 0. The summed E-state index contributed by atoms with van der Waals surface area (Å²) in [6.07, 6.45) is 4.68. The summed E-state index contributed by atoms with van der Waals surface area (Å²) in [5.41, 5.74) is 1.07. The van der Waals surface area contributed by atoms with E-state index in [0.29, 0.717) is 6.04 Å². The van der Waals surface area contributed by atoms with Crippen molar-refractivity contribution in [2.24, 2.45) is 5.92 Å². The van der Waals surface area contributed by atoms with Crippen LogP contribution in [0.3, 0.4) is 0 Å². The fourth-order valence-electron chi connectivity index (χ4n) is 4.15. The Morgan fingerprint density at radius 2 is 1.90 bits per heavy atom. The maximum absolute atomic E-state index is 10.8. The van der Waals surface area contributed by atoms with Crippen molar-refractivity contribution in [3.05, 3.63) is 48.0 Å². The average molecular weight is 267 g/mol. The minimum atomic E-state index is -0.397. The van der Waals surface area contributed by atoms with Crippen molar-refractivity contribution in [2.45, 2.75) is 43.9 Å². The summed E-state index contributed by atoms with van der Waals surface area (Å²) in [6, 6.07) is 15.4. The molecule has 20 heavy (non-hydrogen) atoms. The lowest BCUT2D eigenvalue weighted by atomic mass is 9.93. The molecule has 0 unspecified atom stereocenters. The smallest absolute Gasteiger partial charge is 0.0949 e. The first-order valence-electron chi connectivity index (χ1n) is 7.75. The molecule has 0 spiro atoms. The maximum atomic E-state index is 10.8. The molecule has 0 amide bonds. The molecule has 2 aromatic carbocycles. The van der Waals surface area contributed by atoms with Crippen LogP contribution < -0.4 is 5.32 Å². The van der Waals surface area contributed by atoms with E-state index in [0.717, 1.165) is 17.9 Å².